The molecule has 2 rings (SSSR count). The van der Waals surface area contributed by atoms with Gasteiger partial charge in [0.2, 0.25) is 10.0 Å². The summed E-state index contributed by atoms with van der Waals surface area (Å²) >= 11 is 0. The van der Waals surface area contributed by atoms with Crippen LogP contribution in [0.1, 0.15) is 19.0 Å². The van der Waals surface area contributed by atoms with E-state index in [0.717, 1.165) is 12.8 Å². The predicted molar refractivity (Wildman–Crippen MR) is 86.5 cm³/mol. The van der Waals surface area contributed by atoms with Crippen LogP contribution >= 0.6 is 0 Å². The number of para-hydroxylation sites is 1. The van der Waals surface area contributed by atoms with Crippen molar-refractivity contribution >= 4 is 10.0 Å². The lowest BCUT2D eigenvalue weighted by Crippen LogP contribution is -2.33. The van der Waals surface area contributed by atoms with Crippen molar-refractivity contribution in [1.29, 1.82) is 0 Å². The fraction of sp³-hybridized carbons (Fsp3) is 0.375. The summed E-state index contributed by atoms with van der Waals surface area (Å²) in [7, 11) is -0.135. The maximum atomic E-state index is 12.5. The topological polar surface area (TPSA) is 60.3 Å². The number of sulfonamides is 1. The second-order valence-corrected chi connectivity index (χ2v) is 7.00. The predicted octanol–water partition coefficient (Wildman–Crippen LogP) is 2.33. The fourth-order valence-electron chi connectivity index (χ4n) is 2.35. The monoisotopic (exact) mass is 322 g/mol. The smallest absolute Gasteiger partial charge is 0.244 e. The lowest BCUT2D eigenvalue weighted by atomic mass is 10.1. The van der Waals surface area contributed by atoms with Crippen molar-refractivity contribution in [2.24, 2.45) is 7.05 Å². The Labute approximate surface area is 132 Å². The Bertz CT molecular complexity index is 722. The molecule has 0 saturated heterocycles. The zero-order chi connectivity index (χ0) is 16.2. The van der Waals surface area contributed by atoms with E-state index < -0.39 is 10.0 Å². The van der Waals surface area contributed by atoms with Gasteiger partial charge in [-0.25, -0.2) is 13.1 Å². The third kappa shape index (κ3) is 3.90. The number of aryl methyl sites for hydroxylation is 2. The zero-order valence-electron chi connectivity index (χ0n) is 13.1. The van der Waals surface area contributed by atoms with Crippen LogP contribution in [0.25, 0.3) is 0 Å². The highest BCUT2D eigenvalue weighted by atomic mass is 32.2. The molecule has 0 saturated carbocycles. The SMILES string of the molecule is COc1ccccc1S(=O)(=O)N[C@@H](C)CCc1cccn1C. The first kappa shape index (κ1) is 16.6. The quantitative estimate of drug-likeness (QED) is 0.851. The molecule has 0 bridgehead atoms. The number of hydrogen-bond acceptors (Lipinski definition) is 3. The van der Waals surface area contributed by atoms with Crippen molar-refractivity contribution in [2.45, 2.75) is 30.7 Å². The van der Waals surface area contributed by atoms with Gasteiger partial charge in [-0.15, -0.1) is 0 Å². The molecule has 5 nitrogen and oxygen atoms in total. The van der Waals surface area contributed by atoms with E-state index >= 15 is 0 Å². The normalized spacial score (nSPS) is 13.0. The van der Waals surface area contributed by atoms with Gasteiger partial charge in [-0.1, -0.05) is 12.1 Å². The fourth-order valence-corrected chi connectivity index (χ4v) is 3.80. The largest absolute Gasteiger partial charge is 0.495 e. The third-order valence-electron chi connectivity index (χ3n) is 3.60. The average Bonchev–Trinajstić information content (AvgIpc) is 2.90. The number of nitrogens with one attached hydrogen (secondary N) is 1. The van der Waals surface area contributed by atoms with Crippen LogP contribution in [0.4, 0.5) is 0 Å². The van der Waals surface area contributed by atoms with E-state index in [4.69, 9.17) is 4.74 Å². The number of aromatic nitrogens is 1. The van der Waals surface area contributed by atoms with Gasteiger partial charge in [0, 0.05) is 25.0 Å². The van der Waals surface area contributed by atoms with Gasteiger partial charge in [-0.2, -0.15) is 0 Å². The third-order valence-corrected chi connectivity index (χ3v) is 5.23. The van der Waals surface area contributed by atoms with E-state index in [1.54, 1.807) is 24.3 Å². The summed E-state index contributed by atoms with van der Waals surface area (Å²) in [5.41, 5.74) is 1.18. The second-order valence-electron chi connectivity index (χ2n) is 5.32. The molecule has 0 radical (unpaired) electrons. The highest BCUT2D eigenvalue weighted by Gasteiger charge is 2.21. The number of nitrogens with zero attached hydrogens (tertiary/aromatic N) is 1. The Morgan fingerprint density at radius 1 is 1.23 bits per heavy atom. The van der Waals surface area contributed by atoms with Crippen molar-refractivity contribution in [3.8, 4) is 5.75 Å². The van der Waals surface area contributed by atoms with Crippen LogP contribution in [0.3, 0.4) is 0 Å². The summed E-state index contributed by atoms with van der Waals surface area (Å²) in [6, 6.07) is 10.5. The molecule has 0 aliphatic heterocycles. The first-order valence-electron chi connectivity index (χ1n) is 7.19. The summed E-state index contributed by atoms with van der Waals surface area (Å²) in [5.74, 6) is 0.352. The number of ether oxygens (including phenoxy) is 1. The Morgan fingerprint density at radius 2 is 1.95 bits per heavy atom. The molecule has 22 heavy (non-hydrogen) atoms. The molecule has 0 spiro atoms. The maximum Gasteiger partial charge on any atom is 0.244 e. The van der Waals surface area contributed by atoms with E-state index in [2.05, 4.69) is 4.72 Å². The summed E-state index contributed by atoms with van der Waals surface area (Å²) < 4.78 is 34.8. The van der Waals surface area contributed by atoms with Crippen LogP contribution in [-0.2, 0) is 23.5 Å². The molecule has 0 fully saturated rings. The van der Waals surface area contributed by atoms with Gasteiger partial charge in [0.15, 0.2) is 0 Å². The van der Waals surface area contributed by atoms with E-state index in [-0.39, 0.29) is 10.9 Å². The molecule has 0 aliphatic rings. The molecule has 6 heteroatoms. The van der Waals surface area contributed by atoms with Crippen LogP contribution < -0.4 is 9.46 Å². The standard InChI is InChI=1S/C16H22N2O3S/c1-13(10-11-14-7-6-12-18(14)2)17-22(19,20)16-9-5-4-8-15(16)21-3/h4-9,12-13,17H,10-11H2,1-3H3/t13-/m0/s1. The van der Waals surface area contributed by atoms with Crippen molar-refractivity contribution in [3.63, 3.8) is 0 Å². The maximum absolute atomic E-state index is 12.5. The average molecular weight is 322 g/mol. The van der Waals surface area contributed by atoms with Crippen LogP contribution in [-0.4, -0.2) is 26.1 Å². The Balaban J connectivity index is 2.03. The molecule has 0 unspecified atom stereocenters. The number of methoxy groups -OCH3 is 1. The lowest BCUT2D eigenvalue weighted by Gasteiger charge is -2.16. The van der Waals surface area contributed by atoms with Crippen molar-refractivity contribution in [3.05, 3.63) is 48.3 Å². The van der Waals surface area contributed by atoms with Crippen molar-refractivity contribution in [1.82, 2.24) is 9.29 Å². The van der Waals surface area contributed by atoms with Gasteiger partial charge in [0.25, 0.3) is 0 Å². The lowest BCUT2D eigenvalue weighted by molar-refractivity contribution is 0.402. The zero-order valence-corrected chi connectivity index (χ0v) is 13.9. The van der Waals surface area contributed by atoms with Crippen LogP contribution in [0, 0.1) is 0 Å². The Kier molecular flexibility index (Phi) is 5.26. The van der Waals surface area contributed by atoms with Crippen molar-refractivity contribution in [2.75, 3.05) is 7.11 Å². The molecule has 1 N–H and O–H groups in total. The summed E-state index contributed by atoms with van der Waals surface area (Å²) in [6.45, 7) is 1.87. The van der Waals surface area contributed by atoms with E-state index in [9.17, 15) is 8.42 Å². The molecule has 1 atom stereocenters. The number of benzene rings is 1. The highest BCUT2D eigenvalue weighted by Crippen LogP contribution is 2.23. The van der Waals surface area contributed by atoms with Crippen LogP contribution in [0.15, 0.2) is 47.5 Å². The van der Waals surface area contributed by atoms with Gasteiger partial charge < -0.3 is 9.30 Å². The summed E-state index contributed by atoms with van der Waals surface area (Å²) in [6.07, 6.45) is 3.53. The molecule has 1 heterocycles. The van der Waals surface area contributed by atoms with Gasteiger partial charge >= 0.3 is 0 Å². The van der Waals surface area contributed by atoms with E-state index in [1.807, 2.05) is 36.9 Å². The second kappa shape index (κ2) is 6.98. The van der Waals surface area contributed by atoms with Gasteiger partial charge in [0.1, 0.15) is 10.6 Å². The van der Waals surface area contributed by atoms with Gasteiger partial charge in [-0.05, 0) is 44.0 Å². The molecular weight excluding hydrogens is 300 g/mol. The molecule has 0 amide bonds. The first-order valence-corrected chi connectivity index (χ1v) is 8.68. The summed E-state index contributed by atoms with van der Waals surface area (Å²) in [4.78, 5) is 0.170. The Hall–Kier alpha value is -1.79. The Morgan fingerprint density at radius 3 is 2.59 bits per heavy atom. The molecule has 1 aromatic heterocycles. The van der Waals surface area contributed by atoms with Gasteiger partial charge in [-0.3, -0.25) is 0 Å². The highest BCUT2D eigenvalue weighted by molar-refractivity contribution is 7.89. The molecule has 120 valence electrons. The molecule has 0 aliphatic carbocycles. The minimum atomic E-state index is -3.59. The van der Waals surface area contributed by atoms with E-state index in [1.165, 1.54) is 12.8 Å². The molecule has 1 aromatic carbocycles. The van der Waals surface area contributed by atoms with Crippen molar-refractivity contribution < 1.29 is 13.2 Å². The van der Waals surface area contributed by atoms with Crippen LogP contribution in [0.2, 0.25) is 0 Å². The minimum absolute atomic E-state index is 0.162. The molecule has 2 aromatic rings. The molecular formula is C16H22N2O3S. The van der Waals surface area contributed by atoms with Gasteiger partial charge in [0.05, 0.1) is 7.11 Å². The van der Waals surface area contributed by atoms with Crippen LogP contribution in [0.5, 0.6) is 5.75 Å². The van der Waals surface area contributed by atoms with E-state index in [0.29, 0.717) is 5.75 Å². The first-order chi connectivity index (χ1) is 10.4. The number of rotatable bonds is 7. The minimum Gasteiger partial charge on any atom is -0.495 e. The number of hydrogen-bond donors (Lipinski definition) is 1. The summed E-state index contributed by atoms with van der Waals surface area (Å²) in [5, 5.41) is 0.